The highest BCUT2D eigenvalue weighted by Gasteiger charge is 2.44. The molecule has 0 saturated carbocycles. The first kappa shape index (κ1) is 24.6. The number of fused-ring (bicyclic) bond motifs is 1. The first-order valence-electron chi connectivity index (χ1n) is 11.0. The first-order chi connectivity index (χ1) is 17.0. The van der Waals surface area contributed by atoms with Crippen LogP contribution in [0.5, 0.6) is 11.5 Å². The largest absolute Gasteiger partial charge is 0.483 e. The minimum atomic E-state index is -1.52. The molecule has 1 aliphatic rings. The van der Waals surface area contributed by atoms with E-state index in [1.54, 1.807) is 30.3 Å². The molecule has 3 aromatic rings. The molecule has 0 bridgehead atoms. The van der Waals surface area contributed by atoms with Crippen LogP contribution < -0.4 is 14.9 Å². The van der Waals surface area contributed by atoms with Crippen molar-refractivity contribution >= 4 is 22.9 Å². The third kappa shape index (κ3) is 5.94. The van der Waals surface area contributed by atoms with Crippen molar-refractivity contribution in [2.75, 3.05) is 13.2 Å². The molecule has 0 radical (unpaired) electrons. The van der Waals surface area contributed by atoms with Crippen LogP contribution in [0, 0.1) is 0 Å². The minimum absolute atomic E-state index is 0.197. The molecule has 10 nitrogen and oxygen atoms in total. The zero-order chi connectivity index (χ0) is 24.8. The van der Waals surface area contributed by atoms with E-state index in [1.807, 2.05) is 36.4 Å². The molecule has 3 aromatic carbocycles. The number of hydrogen-bond donors (Lipinski definition) is 5. The summed E-state index contributed by atoms with van der Waals surface area (Å²) in [6.07, 6.45) is -5.37. The van der Waals surface area contributed by atoms with Crippen molar-refractivity contribution < 1.29 is 39.4 Å². The Kier molecular flexibility index (Phi) is 7.91. The molecule has 1 aliphatic heterocycles. The van der Waals surface area contributed by atoms with Gasteiger partial charge < -0.3 is 34.6 Å². The molecule has 0 spiro atoms. The van der Waals surface area contributed by atoms with Crippen molar-refractivity contribution in [3.63, 3.8) is 0 Å². The molecule has 1 amide bonds. The van der Waals surface area contributed by atoms with E-state index in [-0.39, 0.29) is 6.61 Å². The van der Waals surface area contributed by atoms with Crippen molar-refractivity contribution in [3.05, 3.63) is 72.3 Å². The smallest absolute Gasteiger partial charge is 0.277 e. The summed E-state index contributed by atoms with van der Waals surface area (Å²) in [6, 6.07) is 19.8. The number of benzene rings is 3. The van der Waals surface area contributed by atoms with Gasteiger partial charge in [-0.15, -0.1) is 0 Å². The topological polar surface area (TPSA) is 150 Å². The predicted molar refractivity (Wildman–Crippen MR) is 126 cm³/mol. The van der Waals surface area contributed by atoms with Gasteiger partial charge in [0.15, 0.2) is 6.61 Å². The van der Waals surface area contributed by atoms with Gasteiger partial charge in [0, 0.05) is 5.39 Å². The molecule has 1 fully saturated rings. The van der Waals surface area contributed by atoms with Crippen LogP contribution >= 0.6 is 0 Å². The standard InChI is InChI=1S/C25H26N2O8/c28-13-20-22(30)23(31)24(32)25(35-20)34-17-10-8-15(9-11-17)12-26-27-21(29)14-33-19-7-3-5-16-4-1-2-6-18(16)19/h1-12,20,22-25,28,30-32H,13-14H2,(H,27,29)/t20-,22-,23+,24-,25-/m1/s1. The van der Waals surface area contributed by atoms with Crippen LogP contribution in [-0.2, 0) is 9.53 Å². The fourth-order valence-corrected chi connectivity index (χ4v) is 3.61. The Morgan fingerprint density at radius 1 is 0.971 bits per heavy atom. The number of carbonyl (C=O) groups is 1. The molecule has 0 aliphatic carbocycles. The number of aliphatic hydroxyl groups excluding tert-OH is 4. The van der Waals surface area contributed by atoms with Gasteiger partial charge >= 0.3 is 0 Å². The molecular weight excluding hydrogens is 456 g/mol. The lowest BCUT2D eigenvalue weighted by molar-refractivity contribution is -0.277. The summed E-state index contributed by atoms with van der Waals surface area (Å²) in [5.41, 5.74) is 3.06. The maximum absolute atomic E-state index is 12.1. The van der Waals surface area contributed by atoms with Crippen LogP contribution in [0.15, 0.2) is 71.8 Å². The van der Waals surface area contributed by atoms with Crippen molar-refractivity contribution in [3.8, 4) is 11.5 Å². The van der Waals surface area contributed by atoms with E-state index in [9.17, 15) is 25.2 Å². The Morgan fingerprint density at radius 3 is 2.49 bits per heavy atom. The predicted octanol–water partition coefficient (Wildman–Crippen LogP) is 0.548. The maximum Gasteiger partial charge on any atom is 0.277 e. The molecule has 10 heteroatoms. The number of amides is 1. The second kappa shape index (κ2) is 11.3. The highest BCUT2D eigenvalue weighted by molar-refractivity contribution is 5.89. The van der Waals surface area contributed by atoms with E-state index in [4.69, 9.17) is 14.2 Å². The molecule has 5 atom stereocenters. The molecule has 1 heterocycles. The van der Waals surface area contributed by atoms with Gasteiger partial charge in [0.25, 0.3) is 5.91 Å². The molecule has 0 aromatic heterocycles. The van der Waals surface area contributed by atoms with Crippen LogP contribution in [-0.4, -0.2) is 76.5 Å². The number of nitrogens with zero attached hydrogens (tertiary/aromatic N) is 1. The number of ether oxygens (including phenoxy) is 3. The van der Waals surface area contributed by atoms with Gasteiger partial charge in [0.1, 0.15) is 35.9 Å². The second-order valence-corrected chi connectivity index (χ2v) is 7.94. The highest BCUT2D eigenvalue weighted by atomic mass is 16.7. The third-order valence-corrected chi connectivity index (χ3v) is 5.49. The average Bonchev–Trinajstić information content (AvgIpc) is 2.88. The first-order valence-corrected chi connectivity index (χ1v) is 11.0. The molecule has 5 N–H and O–H groups in total. The Hall–Kier alpha value is -3.54. The van der Waals surface area contributed by atoms with Crippen molar-refractivity contribution in [2.24, 2.45) is 5.10 Å². The Bertz CT molecular complexity index is 1160. The molecule has 1 saturated heterocycles. The summed E-state index contributed by atoms with van der Waals surface area (Å²) in [7, 11) is 0. The summed E-state index contributed by atoms with van der Waals surface area (Å²) < 4.78 is 16.5. The molecular formula is C25H26N2O8. The van der Waals surface area contributed by atoms with Gasteiger partial charge in [-0.1, -0.05) is 36.4 Å². The van der Waals surface area contributed by atoms with Gasteiger partial charge in [0.2, 0.25) is 6.29 Å². The Morgan fingerprint density at radius 2 is 1.71 bits per heavy atom. The van der Waals surface area contributed by atoms with E-state index >= 15 is 0 Å². The lowest BCUT2D eigenvalue weighted by Crippen LogP contribution is -2.60. The molecule has 0 unspecified atom stereocenters. The Balaban J connectivity index is 1.27. The van der Waals surface area contributed by atoms with E-state index in [2.05, 4.69) is 10.5 Å². The van der Waals surface area contributed by atoms with E-state index in [0.29, 0.717) is 17.1 Å². The molecule has 4 rings (SSSR count). The molecule has 184 valence electrons. The van der Waals surface area contributed by atoms with Gasteiger partial charge in [0.05, 0.1) is 12.8 Å². The van der Waals surface area contributed by atoms with E-state index in [0.717, 1.165) is 10.8 Å². The number of rotatable bonds is 8. The quantitative estimate of drug-likeness (QED) is 0.231. The van der Waals surface area contributed by atoms with Crippen molar-refractivity contribution in [1.29, 1.82) is 0 Å². The monoisotopic (exact) mass is 482 g/mol. The Labute approximate surface area is 201 Å². The van der Waals surface area contributed by atoms with Crippen molar-refractivity contribution in [2.45, 2.75) is 30.7 Å². The lowest BCUT2D eigenvalue weighted by atomic mass is 9.99. The van der Waals surface area contributed by atoms with Crippen LogP contribution in [0.25, 0.3) is 10.8 Å². The summed E-state index contributed by atoms with van der Waals surface area (Å²) in [4.78, 5) is 12.1. The van der Waals surface area contributed by atoms with Crippen molar-refractivity contribution in [1.82, 2.24) is 5.43 Å². The molecule has 35 heavy (non-hydrogen) atoms. The SMILES string of the molecule is O=C(COc1cccc2ccccc12)NN=Cc1ccc(O[C@@H]2O[C@H](CO)[C@@H](O)[C@H](O)[C@H]2O)cc1. The van der Waals surface area contributed by atoms with E-state index in [1.165, 1.54) is 6.21 Å². The second-order valence-electron chi connectivity index (χ2n) is 7.94. The van der Waals surface area contributed by atoms with Gasteiger partial charge in [-0.3, -0.25) is 4.79 Å². The fourth-order valence-electron chi connectivity index (χ4n) is 3.61. The zero-order valence-electron chi connectivity index (χ0n) is 18.6. The van der Waals surface area contributed by atoms with Crippen LogP contribution in [0.2, 0.25) is 0 Å². The highest BCUT2D eigenvalue weighted by Crippen LogP contribution is 2.25. The number of carbonyl (C=O) groups excluding carboxylic acids is 1. The summed E-state index contributed by atoms with van der Waals surface area (Å²) in [6.45, 7) is -0.740. The number of hydrazone groups is 1. The average molecular weight is 482 g/mol. The number of nitrogens with one attached hydrogen (secondary N) is 1. The number of hydrogen-bond acceptors (Lipinski definition) is 9. The van der Waals surface area contributed by atoms with Gasteiger partial charge in [-0.25, -0.2) is 5.43 Å². The third-order valence-electron chi connectivity index (χ3n) is 5.49. The lowest BCUT2D eigenvalue weighted by Gasteiger charge is -2.39. The van der Waals surface area contributed by atoms with Crippen LogP contribution in [0.4, 0.5) is 0 Å². The maximum atomic E-state index is 12.1. The van der Waals surface area contributed by atoms with E-state index < -0.39 is 43.2 Å². The number of aliphatic hydroxyl groups is 4. The zero-order valence-corrected chi connectivity index (χ0v) is 18.6. The van der Waals surface area contributed by atoms with Crippen LogP contribution in [0.1, 0.15) is 5.56 Å². The summed E-state index contributed by atoms with van der Waals surface area (Å²) >= 11 is 0. The normalized spacial score (nSPS) is 24.4. The summed E-state index contributed by atoms with van der Waals surface area (Å²) in [5, 5.41) is 44.8. The van der Waals surface area contributed by atoms with Crippen LogP contribution in [0.3, 0.4) is 0 Å². The minimum Gasteiger partial charge on any atom is -0.483 e. The summed E-state index contributed by atoms with van der Waals surface area (Å²) in [5.74, 6) is 0.507. The fraction of sp³-hybridized carbons (Fsp3) is 0.280. The van der Waals surface area contributed by atoms with Gasteiger partial charge in [-0.2, -0.15) is 5.10 Å². The van der Waals surface area contributed by atoms with Gasteiger partial charge in [-0.05, 0) is 41.3 Å².